The normalized spacial score (nSPS) is 12.1. The van der Waals surface area contributed by atoms with E-state index in [0.29, 0.717) is 5.56 Å². The van der Waals surface area contributed by atoms with Crippen LogP contribution in [0.4, 0.5) is 0 Å². The maximum absolute atomic E-state index is 11.5. The lowest BCUT2D eigenvalue weighted by molar-refractivity contribution is -0.480. The zero-order chi connectivity index (χ0) is 10.6. The van der Waals surface area contributed by atoms with Gasteiger partial charge in [-0.15, -0.1) is 0 Å². The molecule has 0 radical (unpaired) electrons. The molecular formula is C9H10N2O3. The van der Waals surface area contributed by atoms with E-state index in [1.165, 1.54) is 0 Å². The summed E-state index contributed by atoms with van der Waals surface area (Å²) in [5, 5.41) is 10.1. The molecule has 0 bridgehead atoms. The van der Waals surface area contributed by atoms with E-state index in [9.17, 15) is 14.9 Å². The number of ketones is 1. The summed E-state index contributed by atoms with van der Waals surface area (Å²) in [5.74, 6) is -0.401. The number of nitrogens with zero attached hydrogens (tertiary/aromatic N) is 1. The summed E-state index contributed by atoms with van der Waals surface area (Å²) >= 11 is 0. The lowest BCUT2D eigenvalue weighted by atomic mass is 10.1. The van der Waals surface area contributed by atoms with Crippen molar-refractivity contribution in [1.29, 1.82) is 0 Å². The number of nitrogens with two attached hydrogens (primary N) is 1. The molecule has 0 aliphatic heterocycles. The summed E-state index contributed by atoms with van der Waals surface area (Å²) in [4.78, 5) is 21.0. The molecule has 0 aliphatic rings. The number of hydrogen-bond donors (Lipinski definition) is 1. The van der Waals surface area contributed by atoms with Gasteiger partial charge in [0.15, 0.2) is 5.78 Å². The molecule has 1 aromatic carbocycles. The molecule has 5 nitrogen and oxygen atoms in total. The van der Waals surface area contributed by atoms with Crippen LogP contribution in [0.5, 0.6) is 0 Å². The van der Waals surface area contributed by atoms with Crippen LogP contribution in [0.15, 0.2) is 30.3 Å². The molecule has 0 spiro atoms. The van der Waals surface area contributed by atoms with Crippen LogP contribution < -0.4 is 5.73 Å². The van der Waals surface area contributed by atoms with Crippen molar-refractivity contribution < 1.29 is 9.72 Å². The Hall–Kier alpha value is -1.75. The minimum Gasteiger partial charge on any atom is -0.316 e. The molecule has 2 N–H and O–H groups in total. The van der Waals surface area contributed by atoms with Gasteiger partial charge in [0.05, 0.1) is 0 Å². The minimum absolute atomic E-state index is 0.401. The van der Waals surface area contributed by atoms with E-state index >= 15 is 0 Å². The topological polar surface area (TPSA) is 86.2 Å². The van der Waals surface area contributed by atoms with Gasteiger partial charge in [0, 0.05) is 10.5 Å². The maximum Gasteiger partial charge on any atom is 0.226 e. The van der Waals surface area contributed by atoms with Crippen molar-refractivity contribution in [1.82, 2.24) is 0 Å². The monoisotopic (exact) mass is 194 g/mol. The average Bonchev–Trinajstić information content (AvgIpc) is 2.17. The Morgan fingerprint density at radius 2 is 2.00 bits per heavy atom. The third-order valence-electron chi connectivity index (χ3n) is 1.74. The average molecular weight is 194 g/mol. The van der Waals surface area contributed by atoms with Gasteiger partial charge in [0.1, 0.15) is 6.04 Å². The number of benzene rings is 1. The molecular weight excluding hydrogens is 184 g/mol. The Morgan fingerprint density at radius 3 is 2.50 bits per heavy atom. The second-order valence-corrected chi connectivity index (χ2v) is 2.85. The first kappa shape index (κ1) is 10.3. The summed E-state index contributed by atoms with van der Waals surface area (Å²) in [6.45, 7) is -0.534. The standard InChI is InChI=1S/C9H10N2O3/c10-8(6-11(13)14)9(12)7-4-2-1-3-5-7/h1-5,8H,6,10H2. The van der Waals surface area contributed by atoms with E-state index in [2.05, 4.69) is 0 Å². The largest absolute Gasteiger partial charge is 0.316 e. The fraction of sp³-hybridized carbons (Fsp3) is 0.222. The molecule has 0 heterocycles. The number of carbonyl (C=O) groups is 1. The first-order valence-electron chi connectivity index (χ1n) is 4.08. The molecule has 5 heteroatoms. The van der Waals surface area contributed by atoms with Crippen LogP contribution in [0.1, 0.15) is 10.4 Å². The van der Waals surface area contributed by atoms with Crippen molar-refractivity contribution in [3.63, 3.8) is 0 Å². The summed E-state index contributed by atoms with van der Waals surface area (Å²) in [6, 6.07) is 7.24. The van der Waals surface area contributed by atoms with E-state index in [-0.39, 0.29) is 0 Å². The molecule has 0 saturated heterocycles. The zero-order valence-corrected chi connectivity index (χ0v) is 7.42. The number of rotatable bonds is 4. The molecule has 0 aliphatic carbocycles. The van der Waals surface area contributed by atoms with Crippen LogP contribution in [0, 0.1) is 10.1 Å². The van der Waals surface area contributed by atoms with Gasteiger partial charge < -0.3 is 5.73 Å². The molecule has 1 unspecified atom stereocenters. The number of carbonyl (C=O) groups excluding carboxylic acids is 1. The lowest BCUT2D eigenvalue weighted by Crippen LogP contribution is -2.37. The third kappa shape index (κ3) is 2.63. The van der Waals surface area contributed by atoms with Crippen molar-refractivity contribution in [2.24, 2.45) is 5.73 Å². The van der Waals surface area contributed by atoms with Crippen molar-refractivity contribution in [3.8, 4) is 0 Å². The van der Waals surface area contributed by atoms with E-state index in [4.69, 9.17) is 5.73 Å². The molecule has 14 heavy (non-hydrogen) atoms. The second kappa shape index (κ2) is 4.48. The highest BCUT2D eigenvalue weighted by atomic mass is 16.6. The number of nitro groups is 1. The van der Waals surface area contributed by atoms with E-state index in [0.717, 1.165) is 0 Å². The quantitative estimate of drug-likeness (QED) is 0.429. The van der Waals surface area contributed by atoms with Crippen molar-refractivity contribution in [2.75, 3.05) is 6.54 Å². The predicted molar refractivity (Wildman–Crippen MR) is 50.6 cm³/mol. The van der Waals surface area contributed by atoms with Crippen molar-refractivity contribution >= 4 is 5.78 Å². The van der Waals surface area contributed by atoms with Gasteiger partial charge in [-0.1, -0.05) is 30.3 Å². The highest BCUT2D eigenvalue weighted by Gasteiger charge is 2.20. The van der Waals surface area contributed by atoms with Gasteiger partial charge in [-0.05, 0) is 0 Å². The van der Waals surface area contributed by atoms with Crippen LogP contribution >= 0.6 is 0 Å². The third-order valence-corrected chi connectivity index (χ3v) is 1.74. The molecule has 0 fully saturated rings. The van der Waals surface area contributed by atoms with E-state index in [1.54, 1.807) is 30.3 Å². The molecule has 1 rings (SSSR count). The predicted octanol–water partition coefficient (Wildman–Crippen LogP) is 0.473. The fourth-order valence-electron chi connectivity index (χ4n) is 1.06. The molecule has 74 valence electrons. The van der Waals surface area contributed by atoms with Crippen LogP contribution in [-0.4, -0.2) is 23.3 Å². The summed E-state index contributed by atoms with van der Waals surface area (Å²) in [7, 11) is 0. The van der Waals surface area contributed by atoms with E-state index < -0.39 is 23.3 Å². The van der Waals surface area contributed by atoms with Crippen LogP contribution in [0.25, 0.3) is 0 Å². The fourth-order valence-corrected chi connectivity index (χ4v) is 1.06. The molecule has 0 aromatic heterocycles. The summed E-state index contributed by atoms with van der Waals surface area (Å²) < 4.78 is 0. The van der Waals surface area contributed by atoms with E-state index in [1.807, 2.05) is 0 Å². The van der Waals surface area contributed by atoms with Gasteiger partial charge in [0.25, 0.3) is 0 Å². The summed E-state index contributed by atoms with van der Waals surface area (Å²) in [6.07, 6.45) is 0. The Morgan fingerprint density at radius 1 is 1.43 bits per heavy atom. The van der Waals surface area contributed by atoms with Crippen LogP contribution in [0.2, 0.25) is 0 Å². The van der Waals surface area contributed by atoms with Crippen molar-refractivity contribution in [2.45, 2.75) is 6.04 Å². The maximum atomic E-state index is 11.5. The molecule has 0 amide bonds. The second-order valence-electron chi connectivity index (χ2n) is 2.85. The molecule has 0 saturated carbocycles. The van der Waals surface area contributed by atoms with Gasteiger partial charge >= 0.3 is 0 Å². The van der Waals surface area contributed by atoms with Gasteiger partial charge in [0.2, 0.25) is 6.54 Å². The Balaban J connectivity index is 2.71. The summed E-state index contributed by atoms with van der Waals surface area (Å²) in [5.41, 5.74) is 5.76. The zero-order valence-electron chi connectivity index (χ0n) is 7.42. The Bertz CT molecular complexity index is 337. The molecule has 1 atom stereocenters. The Kier molecular flexibility index (Phi) is 3.30. The first-order chi connectivity index (χ1) is 6.61. The van der Waals surface area contributed by atoms with Gasteiger partial charge in [-0.2, -0.15) is 0 Å². The number of Topliss-reactive ketones (excluding diaryl/α,β-unsaturated/α-hetero) is 1. The van der Waals surface area contributed by atoms with Crippen molar-refractivity contribution in [3.05, 3.63) is 46.0 Å². The smallest absolute Gasteiger partial charge is 0.226 e. The van der Waals surface area contributed by atoms with Crippen LogP contribution in [0.3, 0.4) is 0 Å². The highest BCUT2D eigenvalue weighted by Crippen LogP contribution is 2.02. The van der Waals surface area contributed by atoms with Gasteiger partial charge in [-0.25, -0.2) is 0 Å². The Labute approximate surface area is 80.7 Å². The van der Waals surface area contributed by atoms with Gasteiger partial charge in [-0.3, -0.25) is 14.9 Å². The SMILES string of the molecule is NC(C[N+](=O)[O-])C(=O)c1ccccc1. The van der Waals surface area contributed by atoms with Crippen LogP contribution in [-0.2, 0) is 0 Å². The lowest BCUT2D eigenvalue weighted by Gasteiger charge is -2.05. The first-order valence-corrected chi connectivity index (χ1v) is 4.08. The molecule has 1 aromatic rings. The number of hydrogen-bond acceptors (Lipinski definition) is 4. The minimum atomic E-state index is -1.06. The highest BCUT2D eigenvalue weighted by molar-refractivity contribution is 5.99.